The predicted molar refractivity (Wildman–Crippen MR) is 72.6 cm³/mol. The first kappa shape index (κ1) is 13.6. The van der Waals surface area contributed by atoms with Crippen molar-refractivity contribution < 1.29 is 4.74 Å². The molecule has 0 aliphatic heterocycles. The Bertz CT molecular complexity index is 358. The van der Waals surface area contributed by atoms with Crippen LogP contribution in [0.3, 0.4) is 0 Å². The summed E-state index contributed by atoms with van der Waals surface area (Å²) in [7, 11) is 0. The summed E-state index contributed by atoms with van der Waals surface area (Å²) in [5.74, 6) is 0. The van der Waals surface area contributed by atoms with Gasteiger partial charge in [0.05, 0.1) is 18.8 Å². The van der Waals surface area contributed by atoms with Gasteiger partial charge in [0.15, 0.2) is 0 Å². The Morgan fingerprint density at radius 1 is 1.44 bits per heavy atom. The van der Waals surface area contributed by atoms with E-state index in [-0.39, 0.29) is 0 Å². The van der Waals surface area contributed by atoms with Gasteiger partial charge in [-0.15, -0.1) is 0 Å². The van der Waals surface area contributed by atoms with E-state index in [0.717, 1.165) is 44.5 Å². The molecule has 1 aromatic heterocycles. The second-order valence-corrected chi connectivity index (χ2v) is 5.12. The van der Waals surface area contributed by atoms with E-state index in [0.29, 0.717) is 0 Å². The summed E-state index contributed by atoms with van der Waals surface area (Å²) in [6.45, 7) is 7.70. The molecule has 1 saturated carbocycles. The Morgan fingerprint density at radius 2 is 2.28 bits per heavy atom. The highest BCUT2D eigenvalue weighted by molar-refractivity contribution is 5.15. The van der Waals surface area contributed by atoms with E-state index in [4.69, 9.17) is 4.74 Å². The predicted octanol–water partition coefficient (Wildman–Crippen LogP) is 2.26. The minimum Gasteiger partial charge on any atom is -0.380 e. The van der Waals surface area contributed by atoms with E-state index in [2.05, 4.69) is 30.5 Å². The molecule has 1 fully saturated rings. The van der Waals surface area contributed by atoms with E-state index in [1.54, 1.807) is 0 Å². The summed E-state index contributed by atoms with van der Waals surface area (Å²) < 4.78 is 7.56. The van der Waals surface area contributed by atoms with Gasteiger partial charge in [0.25, 0.3) is 0 Å². The first-order valence-corrected chi connectivity index (χ1v) is 7.13. The van der Waals surface area contributed by atoms with Crippen molar-refractivity contribution >= 4 is 0 Å². The fourth-order valence-electron chi connectivity index (χ4n) is 1.90. The Balaban J connectivity index is 1.69. The molecule has 1 aliphatic carbocycles. The molecule has 18 heavy (non-hydrogen) atoms. The molecule has 0 amide bonds. The van der Waals surface area contributed by atoms with E-state index < -0.39 is 0 Å². The van der Waals surface area contributed by atoms with E-state index >= 15 is 0 Å². The molecule has 1 heterocycles. The maximum atomic E-state index is 5.56. The number of nitrogens with one attached hydrogen (secondary N) is 1. The van der Waals surface area contributed by atoms with Gasteiger partial charge in [-0.1, -0.05) is 13.3 Å². The number of hydrogen-bond donors (Lipinski definition) is 1. The number of hydrogen-bond acceptors (Lipinski definition) is 3. The third kappa shape index (κ3) is 4.42. The van der Waals surface area contributed by atoms with Gasteiger partial charge in [-0.05, 0) is 26.2 Å². The van der Waals surface area contributed by atoms with E-state index in [9.17, 15) is 0 Å². The molecule has 1 aliphatic rings. The van der Waals surface area contributed by atoms with Gasteiger partial charge in [-0.25, -0.2) is 0 Å². The molecule has 0 saturated heterocycles. The molecule has 0 bridgehead atoms. The van der Waals surface area contributed by atoms with Crippen LogP contribution in [0.4, 0.5) is 0 Å². The molecular weight excluding hydrogens is 226 g/mol. The normalized spacial score (nSPS) is 15.2. The Morgan fingerprint density at radius 3 is 3.00 bits per heavy atom. The third-order valence-electron chi connectivity index (χ3n) is 3.31. The molecular formula is C14H25N3O. The molecule has 0 atom stereocenters. The van der Waals surface area contributed by atoms with Crippen molar-refractivity contribution in [3.05, 3.63) is 17.5 Å². The largest absolute Gasteiger partial charge is 0.380 e. The maximum Gasteiger partial charge on any atom is 0.0662 e. The number of ether oxygens (including phenoxy) is 1. The number of aryl methyl sites for hydroxylation is 1. The zero-order chi connectivity index (χ0) is 12.8. The van der Waals surface area contributed by atoms with Gasteiger partial charge in [0.2, 0.25) is 0 Å². The summed E-state index contributed by atoms with van der Waals surface area (Å²) in [4.78, 5) is 0. The Kier molecular flexibility index (Phi) is 5.20. The average molecular weight is 251 g/mol. The van der Waals surface area contributed by atoms with Crippen molar-refractivity contribution in [1.29, 1.82) is 0 Å². The van der Waals surface area contributed by atoms with Crippen molar-refractivity contribution in [2.24, 2.45) is 0 Å². The minimum atomic E-state index is 0.755. The molecule has 0 spiro atoms. The zero-order valence-electron chi connectivity index (χ0n) is 11.6. The lowest BCUT2D eigenvalue weighted by Gasteiger charge is -2.03. The lowest BCUT2D eigenvalue weighted by atomic mass is 10.2. The maximum absolute atomic E-state index is 5.56. The molecule has 0 aromatic carbocycles. The van der Waals surface area contributed by atoms with Crippen molar-refractivity contribution in [2.75, 3.05) is 13.2 Å². The fourth-order valence-corrected chi connectivity index (χ4v) is 1.90. The summed E-state index contributed by atoms with van der Waals surface area (Å²) in [5.41, 5.74) is 2.45. The van der Waals surface area contributed by atoms with Crippen LogP contribution in [0, 0.1) is 6.92 Å². The highest BCUT2D eigenvalue weighted by Crippen LogP contribution is 2.19. The van der Waals surface area contributed by atoms with Gasteiger partial charge in [0, 0.05) is 31.0 Å². The quantitative estimate of drug-likeness (QED) is 0.684. The zero-order valence-corrected chi connectivity index (χ0v) is 11.6. The number of rotatable bonds is 9. The van der Waals surface area contributed by atoms with Crippen LogP contribution in [0.25, 0.3) is 0 Å². The summed E-state index contributed by atoms with van der Waals surface area (Å²) in [6.07, 6.45) is 7.15. The van der Waals surface area contributed by atoms with Crippen molar-refractivity contribution in [1.82, 2.24) is 15.1 Å². The lowest BCUT2D eigenvalue weighted by Crippen LogP contribution is -2.15. The molecule has 102 valence electrons. The van der Waals surface area contributed by atoms with E-state index in [1.807, 2.05) is 4.68 Å². The van der Waals surface area contributed by atoms with Crippen LogP contribution in [-0.4, -0.2) is 29.0 Å². The van der Waals surface area contributed by atoms with Crippen molar-refractivity contribution in [3.63, 3.8) is 0 Å². The van der Waals surface area contributed by atoms with Gasteiger partial charge < -0.3 is 10.1 Å². The second kappa shape index (κ2) is 6.90. The fraction of sp³-hybridized carbons (Fsp3) is 0.786. The minimum absolute atomic E-state index is 0.755. The highest BCUT2D eigenvalue weighted by Gasteiger charge is 2.20. The average Bonchev–Trinajstić information content (AvgIpc) is 3.11. The van der Waals surface area contributed by atoms with E-state index in [1.165, 1.54) is 24.8 Å². The molecule has 1 aromatic rings. The SMILES string of the molecule is CCCCOCCn1cc(CNC2CC2)c(C)n1. The standard InChI is InChI=1S/C14H25N3O/c1-3-4-8-18-9-7-17-11-13(12(2)16-17)10-15-14-5-6-14/h11,14-15H,3-10H2,1-2H3. The van der Waals surface area contributed by atoms with Gasteiger partial charge in [-0.2, -0.15) is 5.10 Å². The molecule has 2 rings (SSSR count). The Hall–Kier alpha value is -0.870. The molecule has 0 unspecified atom stereocenters. The number of nitrogens with zero attached hydrogens (tertiary/aromatic N) is 2. The van der Waals surface area contributed by atoms with Crippen LogP contribution in [0.2, 0.25) is 0 Å². The van der Waals surface area contributed by atoms with Gasteiger partial charge in [-0.3, -0.25) is 4.68 Å². The number of unbranched alkanes of at least 4 members (excludes halogenated alkanes) is 1. The Labute approximate surface area is 110 Å². The van der Waals surface area contributed by atoms with Crippen LogP contribution in [0.15, 0.2) is 6.20 Å². The highest BCUT2D eigenvalue weighted by atomic mass is 16.5. The van der Waals surface area contributed by atoms with Crippen LogP contribution >= 0.6 is 0 Å². The van der Waals surface area contributed by atoms with Crippen molar-refractivity contribution in [2.45, 2.75) is 58.7 Å². The summed E-state index contributed by atoms with van der Waals surface area (Å²) >= 11 is 0. The monoisotopic (exact) mass is 251 g/mol. The number of aromatic nitrogens is 2. The molecule has 4 heteroatoms. The second-order valence-electron chi connectivity index (χ2n) is 5.12. The van der Waals surface area contributed by atoms with Crippen LogP contribution in [0.5, 0.6) is 0 Å². The summed E-state index contributed by atoms with van der Waals surface area (Å²) in [6, 6.07) is 0.755. The van der Waals surface area contributed by atoms with Crippen LogP contribution < -0.4 is 5.32 Å². The lowest BCUT2D eigenvalue weighted by molar-refractivity contribution is 0.121. The van der Waals surface area contributed by atoms with Crippen LogP contribution in [-0.2, 0) is 17.8 Å². The van der Waals surface area contributed by atoms with Gasteiger partial charge >= 0.3 is 0 Å². The summed E-state index contributed by atoms with van der Waals surface area (Å²) in [5, 5.41) is 8.05. The molecule has 4 nitrogen and oxygen atoms in total. The topological polar surface area (TPSA) is 39.1 Å². The van der Waals surface area contributed by atoms with Crippen molar-refractivity contribution in [3.8, 4) is 0 Å². The molecule has 0 radical (unpaired) electrons. The van der Waals surface area contributed by atoms with Crippen LogP contribution in [0.1, 0.15) is 43.9 Å². The first-order chi connectivity index (χ1) is 8.79. The molecule has 1 N–H and O–H groups in total. The van der Waals surface area contributed by atoms with Gasteiger partial charge in [0.1, 0.15) is 0 Å². The third-order valence-corrected chi connectivity index (χ3v) is 3.31. The first-order valence-electron chi connectivity index (χ1n) is 7.13. The smallest absolute Gasteiger partial charge is 0.0662 e.